The van der Waals surface area contributed by atoms with E-state index in [-0.39, 0.29) is 30.0 Å². The fourth-order valence-corrected chi connectivity index (χ4v) is 4.01. The molecule has 0 saturated carbocycles. The number of hydrogen-bond acceptors (Lipinski definition) is 6. The van der Waals surface area contributed by atoms with Crippen LogP contribution >= 0.6 is 0 Å². The normalized spacial score (nSPS) is 11.8. The van der Waals surface area contributed by atoms with Gasteiger partial charge in [-0.05, 0) is 36.2 Å². The molecule has 8 heteroatoms. The van der Waals surface area contributed by atoms with Gasteiger partial charge in [-0.15, -0.1) is 0 Å². The van der Waals surface area contributed by atoms with E-state index in [4.69, 9.17) is 13.9 Å². The topological polar surface area (TPSA) is 76.8 Å². The van der Waals surface area contributed by atoms with E-state index in [0.29, 0.717) is 24.7 Å². The third-order valence-corrected chi connectivity index (χ3v) is 6.19. The highest BCUT2D eigenvalue weighted by molar-refractivity contribution is 5.91. The molecule has 1 atom stereocenters. The monoisotopic (exact) mass is 503 g/mol. The summed E-state index contributed by atoms with van der Waals surface area (Å²) < 4.78 is 29.7. The molecule has 3 aromatic carbocycles. The lowest BCUT2D eigenvalue weighted by Gasteiger charge is -2.29. The largest absolute Gasteiger partial charge is 0.497 e. The number of ether oxygens (including phenoxy) is 2. The van der Waals surface area contributed by atoms with Crippen molar-refractivity contribution in [2.45, 2.75) is 32.6 Å². The number of amides is 1. The molecule has 4 aromatic rings. The van der Waals surface area contributed by atoms with Crippen LogP contribution < -0.4 is 14.8 Å². The lowest BCUT2D eigenvalue weighted by molar-refractivity contribution is 0.0945. The number of rotatable bonds is 11. The van der Waals surface area contributed by atoms with E-state index in [1.165, 1.54) is 18.4 Å². The van der Waals surface area contributed by atoms with Crippen molar-refractivity contribution in [2.75, 3.05) is 14.2 Å². The van der Waals surface area contributed by atoms with Crippen molar-refractivity contribution in [3.8, 4) is 11.5 Å². The highest BCUT2D eigenvalue weighted by Crippen LogP contribution is 2.30. The maximum atomic E-state index is 13.1. The van der Waals surface area contributed by atoms with E-state index in [1.807, 2.05) is 36.4 Å². The van der Waals surface area contributed by atoms with E-state index in [9.17, 15) is 9.18 Å². The van der Waals surface area contributed by atoms with Gasteiger partial charge < -0.3 is 19.2 Å². The Morgan fingerprint density at radius 2 is 1.78 bits per heavy atom. The smallest absolute Gasteiger partial charge is 0.273 e. The zero-order valence-corrected chi connectivity index (χ0v) is 21.1. The minimum absolute atomic E-state index is 0.0238. The van der Waals surface area contributed by atoms with Crippen molar-refractivity contribution in [2.24, 2.45) is 0 Å². The molecule has 1 aromatic heterocycles. The first-order valence-corrected chi connectivity index (χ1v) is 11.9. The first kappa shape index (κ1) is 25.9. The molecule has 1 amide bonds. The van der Waals surface area contributed by atoms with Gasteiger partial charge in [-0.3, -0.25) is 9.69 Å². The number of benzene rings is 3. The van der Waals surface area contributed by atoms with Crippen molar-refractivity contribution in [3.63, 3.8) is 0 Å². The highest BCUT2D eigenvalue weighted by Gasteiger charge is 2.22. The van der Waals surface area contributed by atoms with Crippen molar-refractivity contribution in [1.29, 1.82) is 0 Å². The van der Waals surface area contributed by atoms with Gasteiger partial charge in [0.2, 0.25) is 5.89 Å². The number of nitrogens with one attached hydrogen (secondary N) is 1. The molecule has 7 nitrogen and oxygen atoms in total. The Balaban J connectivity index is 1.50. The Labute approximate surface area is 215 Å². The summed E-state index contributed by atoms with van der Waals surface area (Å²) in [7, 11) is 3.25. The van der Waals surface area contributed by atoms with Crippen LogP contribution in [0.5, 0.6) is 11.5 Å². The Bertz CT molecular complexity index is 1310. The van der Waals surface area contributed by atoms with E-state index in [0.717, 1.165) is 22.4 Å². The van der Waals surface area contributed by atoms with Gasteiger partial charge in [0.1, 0.15) is 23.6 Å². The molecule has 0 spiro atoms. The average Bonchev–Trinajstić information content (AvgIpc) is 3.41. The van der Waals surface area contributed by atoms with Crippen molar-refractivity contribution >= 4 is 5.91 Å². The van der Waals surface area contributed by atoms with Gasteiger partial charge in [0.15, 0.2) is 5.69 Å². The van der Waals surface area contributed by atoms with Gasteiger partial charge in [-0.2, -0.15) is 0 Å². The number of aromatic nitrogens is 1. The maximum absolute atomic E-state index is 13.1. The lowest BCUT2D eigenvalue weighted by atomic mass is 10.1. The van der Waals surface area contributed by atoms with Crippen LogP contribution in [-0.2, 0) is 19.6 Å². The van der Waals surface area contributed by atoms with Crippen LogP contribution in [0.2, 0.25) is 0 Å². The van der Waals surface area contributed by atoms with E-state index in [2.05, 4.69) is 34.3 Å². The fourth-order valence-electron chi connectivity index (χ4n) is 4.01. The molecule has 0 radical (unpaired) electrons. The number of hydrogen-bond donors (Lipinski definition) is 1. The summed E-state index contributed by atoms with van der Waals surface area (Å²) in [6.45, 7) is 3.30. The molecule has 0 aliphatic heterocycles. The van der Waals surface area contributed by atoms with Crippen LogP contribution in [0.3, 0.4) is 0 Å². The summed E-state index contributed by atoms with van der Waals surface area (Å²) in [5.41, 5.74) is 3.09. The Morgan fingerprint density at radius 3 is 2.49 bits per heavy atom. The van der Waals surface area contributed by atoms with Crippen LogP contribution in [0.1, 0.15) is 46.0 Å². The molecule has 1 N–H and O–H groups in total. The van der Waals surface area contributed by atoms with E-state index < -0.39 is 0 Å². The average molecular weight is 504 g/mol. The molecule has 0 aliphatic carbocycles. The third-order valence-electron chi connectivity index (χ3n) is 6.19. The highest BCUT2D eigenvalue weighted by atomic mass is 19.1. The number of methoxy groups -OCH3 is 2. The predicted molar refractivity (Wildman–Crippen MR) is 138 cm³/mol. The summed E-state index contributed by atoms with van der Waals surface area (Å²) >= 11 is 0. The van der Waals surface area contributed by atoms with Gasteiger partial charge in [0.25, 0.3) is 5.91 Å². The Kier molecular flexibility index (Phi) is 8.53. The molecule has 37 heavy (non-hydrogen) atoms. The first-order valence-electron chi connectivity index (χ1n) is 11.9. The zero-order chi connectivity index (χ0) is 26.2. The summed E-state index contributed by atoms with van der Waals surface area (Å²) in [6.07, 6.45) is 1.36. The summed E-state index contributed by atoms with van der Waals surface area (Å²) in [4.78, 5) is 19.3. The second-order valence-electron chi connectivity index (χ2n) is 8.61. The Hall–Kier alpha value is -4.17. The van der Waals surface area contributed by atoms with E-state index >= 15 is 0 Å². The number of halogens is 1. The van der Waals surface area contributed by atoms with Crippen LogP contribution in [0.4, 0.5) is 4.39 Å². The predicted octanol–water partition coefficient (Wildman–Crippen LogP) is 5.52. The number of carbonyl (C=O) groups is 1. The molecule has 1 heterocycles. The van der Waals surface area contributed by atoms with Crippen molar-refractivity contribution in [3.05, 3.63) is 113 Å². The minimum Gasteiger partial charge on any atom is -0.497 e. The molecule has 1 unspecified atom stereocenters. The van der Waals surface area contributed by atoms with E-state index in [1.54, 1.807) is 26.4 Å². The molecule has 0 bridgehead atoms. The summed E-state index contributed by atoms with van der Waals surface area (Å²) in [6, 6.07) is 21.9. The zero-order valence-electron chi connectivity index (χ0n) is 21.1. The second kappa shape index (κ2) is 12.2. The third kappa shape index (κ3) is 6.74. The van der Waals surface area contributed by atoms with Crippen molar-refractivity contribution in [1.82, 2.24) is 15.2 Å². The minimum atomic E-state index is -0.362. The van der Waals surface area contributed by atoms with Gasteiger partial charge >= 0.3 is 0 Å². The van der Waals surface area contributed by atoms with Gasteiger partial charge in [0.05, 0.1) is 20.8 Å². The van der Waals surface area contributed by atoms with Gasteiger partial charge in [-0.25, -0.2) is 9.37 Å². The SMILES string of the molecule is COc1ccc(CN(Cc2nc(C(=O)NCc3ccc(F)cc3)co2)C(C)c2ccccc2)c(OC)c1. The Morgan fingerprint density at radius 1 is 1.03 bits per heavy atom. The first-order chi connectivity index (χ1) is 18.0. The van der Waals surface area contributed by atoms with Gasteiger partial charge in [-0.1, -0.05) is 48.5 Å². The number of carbonyl (C=O) groups excluding carboxylic acids is 1. The molecule has 192 valence electrons. The number of nitrogens with zero attached hydrogens (tertiary/aromatic N) is 2. The standard InChI is InChI=1S/C29H30FN3O4/c1-20(22-7-5-4-6-8-22)33(17-23-11-14-25(35-2)15-27(23)36-3)18-28-32-26(19-37-28)29(34)31-16-21-9-12-24(30)13-10-21/h4-15,19-20H,16-18H2,1-3H3,(H,31,34). The lowest BCUT2D eigenvalue weighted by Crippen LogP contribution is -2.27. The van der Waals surface area contributed by atoms with Gasteiger partial charge in [0, 0.05) is 30.8 Å². The fraction of sp³-hybridized carbons (Fsp3) is 0.241. The molecular formula is C29H30FN3O4. The summed E-state index contributed by atoms with van der Waals surface area (Å²) in [5, 5.41) is 2.79. The quantitative estimate of drug-likeness (QED) is 0.290. The summed E-state index contributed by atoms with van der Waals surface area (Å²) in [5.74, 6) is 1.17. The molecule has 0 aliphatic rings. The maximum Gasteiger partial charge on any atom is 0.273 e. The van der Waals surface area contributed by atoms with Crippen LogP contribution in [0.25, 0.3) is 0 Å². The van der Waals surface area contributed by atoms with Crippen molar-refractivity contribution < 1.29 is 23.1 Å². The van der Waals surface area contributed by atoms with Crippen LogP contribution in [-0.4, -0.2) is 30.0 Å². The van der Waals surface area contributed by atoms with Crippen LogP contribution in [0, 0.1) is 5.82 Å². The molecule has 0 fully saturated rings. The molecular weight excluding hydrogens is 473 g/mol. The number of oxazole rings is 1. The molecule has 0 saturated heterocycles. The second-order valence-corrected chi connectivity index (χ2v) is 8.61. The molecule has 4 rings (SSSR count). The van der Waals surface area contributed by atoms with Crippen LogP contribution in [0.15, 0.2) is 83.5 Å².